The average Bonchev–Trinajstić information content (AvgIpc) is 3.49. The molecule has 0 N–H and O–H groups in total. The highest BCUT2D eigenvalue weighted by Crippen LogP contribution is 2.44. The highest BCUT2D eigenvalue weighted by molar-refractivity contribution is 6.23. The van der Waals surface area contributed by atoms with E-state index in [0.717, 1.165) is 36.3 Å². The van der Waals surface area contributed by atoms with Gasteiger partial charge in [-0.25, -0.2) is 9.69 Å². The van der Waals surface area contributed by atoms with Crippen LogP contribution in [0.2, 0.25) is 0 Å². The van der Waals surface area contributed by atoms with Gasteiger partial charge in [-0.15, -0.1) is 0 Å². The Bertz CT molecular complexity index is 1260. The standard InChI is InChI=1S/C29H38N6O3/c1-28(2)19-33(25(36)18-32-14-11-22(17-32)31(5)6)24-15-21(7-8-23(24)28)35-26(37)29(3,4)34(27(35)38)16-20-9-12-30-13-10-20/h7-10,12-13,15,22H,11,14,16-19H2,1-6H3/t22-/m0/s1. The van der Waals surface area contributed by atoms with Crippen LogP contribution in [0.25, 0.3) is 0 Å². The third kappa shape index (κ3) is 4.47. The molecule has 1 aromatic carbocycles. The van der Waals surface area contributed by atoms with Crippen molar-refractivity contribution >= 4 is 29.2 Å². The van der Waals surface area contributed by atoms with Crippen LogP contribution < -0.4 is 9.80 Å². The van der Waals surface area contributed by atoms with E-state index in [2.05, 4.69) is 42.7 Å². The van der Waals surface area contributed by atoms with Crippen LogP contribution in [-0.2, 0) is 21.5 Å². The lowest BCUT2D eigenvalue weighted by molar-refractivity contribution is -0.123. The molecule has 4 amide bonds. The lowest BCUT2D eigenvalue weighted by atomic mass is 9.87. The molecule has 1 atom stereocenters. The Morgan fingerprint density at radius 2 is 1.79 bits per heavy atom. The minimum absolute atomic E-state index is 0.0482. The van der Waals surface area contributed by atoms with Crippen molar-refractivity contribution in [1.29, 1.82) is 0 Å². The number of carbonyl (C=O) groups excluding carboxylic acids is 3. The quantitative estimate of drug-likeness (QED) is 0.547. The molecule has 4 heterocycles. The predicted octanol–water partition coefficient (Wildman–Crippen LogP) is 3.09. The molecule has 0 aliphatic carbocycles. The number of benzene rings is 1. The number of aromatic nitrogens is 1. The van der Waals surface area contributed by atoms with E-state index in [-0.39, 0.29) is 23.3 Å². The Kier molecular flexibility index (Phi) is 6.55. The second-order valence-electron chi connectivity index (χ2n) is 12.1. The zero-order valence-electron chi connectivity index (χ0n) is 23.3. The molecule has 9 nitrogen and oxygen atoms in total. The molecule has 5 rings (SSSR count). The second-order valence-corrected chi connectivity index (χ2v) is 12.1. The lowest BCUT2D eigenvalue weighted by Crippen LogP contribution is -2.43. The first-order valence-electron chi connectivity index (χ1n) is 13.3. The number of hydrogen-bond acceptors (Lipinski definition) is 6. The summed E-state index contributed by atoms with van der Waals surface area (Å²) in [6.45, 7) is 10.8. The molecule has 3 aliphatic rings. The van der Waals surface area contributed by atoms with Gasteiger partial charge in [-0.3, -0.25) is 19.5 Å². The largest absolute Gasteiger partial charge is 0.332 e. The summed E-state index contributed by atoms with van der Waals surface area (Å²) < 4.78 is 0. The maximum atomic E-state index is 13.6. The van der Waals surface area contributed by atoms with Gasteiger partial charge in [0.25, 0.3) is 5.91 Å². The minimum atomic E-state index is -1.01. The molecular weight excluding hydrogens is 480 g/mol. The van der Waals surface area contributed by atoms with Crippen LogP contribution in [0.4, 0.5) is 16.2 Å². The number of amides is 4. The van der Waals surface area contributed by atoms with Crippen molar-refractivity contribution in [1.82, 2.24) is 19.7 Å². The van der Waals surface area contributed by atoms with Crippen molar-refractivity contribution < 1.29 is 14.4 Å². The average molecular weight is 519 g/mol. The van der Waals surface area contributed by atoms with Gasteiger partial charge in [-0.1, -0.05) is 19.9 Å². The van der Waals surface area contributed by atoms with E-state index in [1.807, 2.05) is 35.2 Å². The van der Waals surface area contributed by atoms with E-state index in [0.29, 0.717) is 31.4 Å². The van der Waals surface area contributed by atoms with Gasteiger partial charge in [-0.2, -0.15) is 0 Å². The van der Waals surface area contributed by atoms with Crippen molar-refractivity contribution in [2.45, 2.75) is 57.7 Å². The number of pyridine rings is 1. The van der Waals surface area contributed by atoms with Gasteiger partial charge in [0, 0.05) is 55.7 Å². The Morgan fingerprint density at radius 3 is 2.45 bits per heavy atom. The van der Waals surface area contributed by atoms with Gasteiger partial charge >= 0.3 is 6.03 Å². The van der Waals surface area contributed by atoms with E-state index in [1.165, 1.54) is 4.90 Å². The molecule has 1 aromatic heterocycles. The fourth-order valence-electron chi connectivity index (χ4n) is 5.90. The molecule has 2 fully saturated rings. The molecular formula is C29H38N6O3. The van der Waals surface area contributed by atoms with Crippen LogP contribution in [0, 0.1) is 0 Å². The van der Waals surface area contributed by atoms with Crippen LogP contribution >= 0.6 is 0 Å². The summed E-state index contributed by atoms with van der Waals surface area (Å²) in [6, 6.07) is 9.43. The number of imide groups is 1. The summed E-state index contributed by atoms with van der Waals surface area (Å²) in [5.41, 5.74) is 2.00. The highest BCUT2D eigenvalue weighted by Gasteiger charge is 2.52. The number of anilines is 2. The molecule has 0 unspecified atom stereocenters. The molecule has 202 valence electrons. The summed E-state index contributed by atoms with van der Waals surface area (Å²) in [4.78, 5) is 53.9. The van der Waals surface area contributed by atoms with Crippen molar-refractivity contribution in [2.24, 2.45) is 0 Å². The van der Waals surface area contributed by atoms with E-state index in [1.54, 1.807) is 31.1 Å². The molecule has 2 saturated heterocycles. The molecule has 2 aromatic rings. The molecule has 0 radical (unpaired) electrons. The second kappa shape index (κ2) is 9.47. The van der Waals surface area contributed by atoms with Gasteiger partial charge in [0.2, 0.25) is 5.91 Å². The third-order valence-electron chi connectivity index (χ3n) is 8.36. The summed E-state index contributed by atoms with van der Waals surface area (Å²) in [6.07, 6.45) is 4.41. The number of nitrogens with zero attached hydrogens (tertiary/aromatic N) is 6. The fourth-order valence-corrected chi connectivity index (χ4v) is 5.90. The van der Waals surface area contributed by atoms with Crippen molar-refractivity contribution in [3.63, 3.8) is 0 Å². The van der Waals surface area contributed by atoms with E-state index >= 15 is 0 Å². The summed E-state index contributed by atoms with van der Waals surface area (Å²) in [7, 11) is 4.16. The van der Waals surface area contributed by atoms with Gasteiger partial charge in [0.15, 0.2) is 0 Å². The van der Waals surface area contributed by atoms with Gasteiger partial charge in [-0.05, 0) is 69.8 Å². The predicted molar refractivity (Wildman–Crippen MR) is 147 cm³/mol. The first-order valence-corrected chi connectivity index (χ1v) is 13.3. The number of rotatable bonds is 6. The van der Waals surface area contributed by atoms with Gasteiger partial charge in [0.05, 0.1) is 12.2 Å². The first kappa shape index (κ1) is 26.3. The maximum absolute atomic E-state index is 13.6. The summed E-state index contributed by atoms with van der Waals surface area (Å²) in [5, 5.41) is 0. The lowest BCUT2D eigenvalue weighted by Gasteiger charge is -2.27. The molecule has 9 heteroatoms. The van der Waals surface area contributed by atoms with Gasteiger partial charge in [0.1, 0.15) is 5.54 Å². The Balaban J connectivity index is 1.41. The van der Waals surface area contributed by atoms with Crippen molar-refractivity contribution in [3.8, 4) is 0 Å². The zero-order valence-corrected chi connectivity index (χ0v) is 23.3. The molecule has 38 heavy (non-hydrogen) atoms. The first-order chi connectivity index (χ1) is 17.9. The maximum Gasteiger partial charge on any atom is 0.332 e. The number of likely N-dealkylation sites (N-methyl/N-ethyl adjacent to an activating group) is 1. The number of fused-ring (bicyclic) bond motifs is 1. The van der Waals surface area contributed by atoms with E-state index < -0.39 is 5.54 Å². The van der Waals surface area contributed by atoms with E-state index in [9.17, 15) is 14.4 Å². The highest BCUT2D eigenvalue weighted by atomic mass is 16.2. The van der Waals surface area contributed by atoms with Crippen LogP contribution in [0.5, 0.6) is 0 Å². The SMILES string of the molecule is CN(C)[C@H]1CCN(CC(=O)N2CC(C)(C)c3ccc(N4C(=O)N(Cc5ccncc5)C(C)(C)C4=O)cc32)C1. The topological polar surface area (TPSA) is 80.3 Å². The minimum Gasteiger partial charge on any atom is -0.310 e. The Hall–Kier alpha value is -3.30. The Morgan fingerprint density at radius 1 is 1.08 bits per heavy atom. The van der Waals surface area contributed by atoms with Crippen LogP contribution in [0.3, 0.4) is 0 Å². The third-order valence-corrected chi connectivity index (χ3v) is 8.36. The summed E-state index contributed by atoms with van der Waals surface area (Å²) >= 11 is 0. The number of likely N-dealkylation sites (tertiary alicyclic amines) is 1. The van der Waals surface area contributed by atoms with Crippen molar-refractivity contribution in [2.75, 3.05) is 50.1 Å². The molecule has 0 spiro atoms. The van der Waals surface area contributed by atoms with Gasteiger partial charge < -0.3 is 14.7 Å². The zero-order chi connectivity index (χ0) is 27.4. The van der Waals surface area contributed by atoms with Crippen LogP contribution in [0.15, 0.2) is 42.7 Å². The number of carbonyl (C=O) groups is 3. The smallest absolute Gasteiger partial charge is 0.310 e. The normalized spacial score (nSPS) is 22.6. The summed E-state index contributed by atoms with van der Waals surface area (Å²) in [5.74, 6) is -0.231. The monoisotopic (exact) mass is 518 g/mol. The number of hydrogen-bond donors (Lipinski definition) is 0. The number of urea groups is 1. The van der Waals surface area contributed by atoms with Crippen LogP contribution in [0.1, 0.15) is 45.2 Å². The van der Waals surface area contributed by atoms with Crippen LogP contribution in [-0.4, -0.2) is 89.4 Å². The molecule has 0 saturated carbocycles. The molecule has 0 bridgehead atoms. The van der Waals surface area contributed by atoms with Crippen molar-refractivity contribution in [3.05, 3.63) is 53.9 Å². The van der Waals surface area contributed by atoms with E-state index in [4.69, 9.17) is 0 Å². The molecule has 3 aliphatic heterocycles. The fraction of sp³-hybridized carbons (Fsp3) is 0.517. The Labute approximate surface area is 225 Å².